The molecule has 3 nitrogen and oxygen atoms in total. The van der Waals surface area contributed by atoms with Gasteiger partial charge in [-0.25, -0.2) is 0 Å². The summed E-state index contributed by atoms with van der Waals surface area (Å²) in [5, 5.41) is 0. The first-order valence-electron chi connectivity index (χ1n) is 8.39. The fourth-order valence-corrected chi connectivity index (χ4v) is 3.35. The van der Waals surface area contributed by atoms with Gasteiger partial charge in [0.1, 0.15) is 0 Å². The molecule has 3 atom stereocenters. The van der Waals surface area contributed by atoms with Crippen molar-refractivity contribution in [2.45, 2.75) is 51.2 Å². The summed E-state index contributed by atoms with van der Waals surface area (Å²) in [5.41, 5.74) is 5.45. The number of hydrogen-bond donors (Lipinski definition) is 1. The van der Waals surface area contributed by atoms with Crippen LogP contribution in [-0.2, 0) is 11.0 Å². The van der Waals surface area contributed by atoms with Gasteiger partial charge >= 0.3 is 6.18 Å². The van der Waals surface area contributed by atoms with E-state index in [9.17, 15) is 18.0 Å². The molecule has 0 radical (unpaired) electrons. The second-order valence-electron chi connectivity index (χ2n) is 6.79. The molecule has 0 bridgehead atoms. The van der Waals surface area contributed by atoms with Gasteiger partial charge in [0, 0.05) is 25.6 Å². The van der Waals surface area contributed by atoms with Crippen LogP contribution in [0.2, 0.25) is 0 Å². The minimum Gasteiger partial charge on any atom is -0.342 e. The summed E-state index contributed by atoms with van der Waals surface area (Å²) < 4.78 is 39.4. The summed E-state index contributed by atoms with van der Waals surface area (Å²) in [7, 11) is 0. The number of piperidine rings is 1. The van der Waals surface area contributed by atoms with Gasteiger partial charge in [0.2, 0.25) is 5.91 Å². The average molecular weight is 342 g/mol. The molecule has 3 unspecified atom stereocenters. The molecule has 1 saturated heterocycles. The Hall–Kier alpha value is -1.56. The van der Waals surface area contributed by atoms with Crippen molar-refractivity contribution in [3.05, 3.63) is 35.4 Å². The number of rotatable bonds is 4. The van der Waals surface area contributed by atoms with E-state index in [1.165, 1.54) is 12.1 Å². The Labute approximate surface area is 141 Å². The summed E-state index contributed by atoms with van der Waals surface area (Å²) in [6, 6.07) is 5.51. The van der Waals surface area contributed by atoms with Crippen molar-refractivity contribution < 1.29 is 18.0 Å². The molecule has 134 valence electrons. The number of likely N-dealkylation sites (tertiary alicyclic amines) is 1. The van der Waals surface area contributed by atoms with Crippen LogP contribution < -0.4 is 5.73 Å². The number of halogens is 3. The molecule has 1 aliphatic rings. The van der Waals surface area contributed by atoms with Crippen LogP contribution >= 0.6 is 0 Å². The number of alkyl halides is 3. The molecule has 0 aliphatic carbocycles. The van der Waals surface area contributed by atoms with Crippen molar-refractivity contribution in [1.82, 2.24) is 4.90 Å². The fourth-order valence-electron chi connectivity index (χ4n) is 3.35. The molecule has 1 aliphatic heterocycles. The molecule has 1 amide bonds. The van der Waals surface area contributed by atoms with Gasteiger partial charge in [0.25, 0.3) is 0 Å². The molecule has 0 aromatic heterocycles. The molecule has 0 saturated carbocycles. The number of nitrogens with two attached hydrogens (primary N) is 1. The molecular formula is C18H25F3N2O. The van der Waals surface area contributed by atoms with E-state index in [0.717, 1.165) is 18.9 Å². The van der Waals surface area contributed by atoms with Crippen LogP contribution in [0.25, 0.3) is 0 Å². The van der Waals surface area contributed by atoms with E-state index in [1.807, 2.05) is 6.92 Å². The maximum Gasteiger partial charge on any atom is 0.416 e. The molecule has 1 aromatic rings. The zero-order valence-corrected chi connectivity index (χ0v) is 14.1. The molecule has 1 aromatic carbocycles. The number of amides is 1. The Kier molecular flexibility index (Phi) is 5.91. The Morgan fingerprint density at radius 1 is 1.33 bits per heavy atom. The van der Waals surface area contributed by atoms with Crippen molar-refractivity contribution in [1.29, 1.82) is 0 Å². The molecule has 2 N–H and O–H groups in total. The highest BCUT2D eigenvalue weighted by Gasteiger charge is 2.35. The first kappa shape index (κ1) is 18.8. The Morgan fingerprint density at radius 3 is 2.62 bits per heavy atom. The molecule has 6 heteroatoms. The minimum absolute atomic E-state index is 0.0176. The third-order valence-electron chi connectivity index (χ3n) is 4.83. The lowest BCUT2D eigenvalue weighted by Crippen LogP contribution is -2.45. The highest BCUT2D eigenvalue weighted by Crippen LogP contribution is 2.36. The zero-order valence-electron chi connectivity index (χ0n) is 14.1. The van der Waals surface area contributed by atoms with Crippen molar-refractivity contribution in [2.75, 3.05) is 13.1 Å². The average Bonchev–Trinajstić information content (AvgIpc) is 2.54. The van der Waals surface area contributed by atoms with Gasteiger partial charge < -0.3 is 10.6 Å². The smallest absolute Gasteiger partial charge is 0.342 e. The van der Waals surface area contributed by atoms with Gasteiger partial charge in [-0.15, -0.1) is 0 Å². The largest absolute Gasteiger partial charge is 0.416 e. The van der Waals surface area contributed by atoms with Crippen LogP contribution in [0, 0.1) is 5.92 Å². The predicted octanol–water partition coefficient (Wildman–Crippen LogP) is 3.78. The van der Waals surface area contributed by atoms with Crippen molar-refractivity contribution in [2.24, 2.45) is 11.7 Å². The number of nitrogens with zero attached hydrogens (tertiary/aromatic N) is 1. The van der Waals surface area contributed by atoms with E-state index >= 15 is 0 Å². The summed E-state index contributed by atoms with van der Waals surface area (Å²) >= 11 is 0. The van der Waals surface area contributed by atoms with E-state index in [4.69, 9.17) is 5.73 Å². The van der Waals surface area contributed by atoms with E-state index in [2.05, 4.69) is 0 Å². The van der Waals surface area contributed by atoms with Crippen molar-refractivity contribution in [3.63, 3.8) is 0 Å². The summed E-state index contributed by atoms with van der Waals surface area (Å²) in [6.07, 6.45) is -2.43. The summed E-state index contributed by atoms with van der Waals surface area (Å²) in [5.74, 6) is -0.309. The molecular weight excluding hydrogens is 317 g/mol. The van der Waals surface area contributed by atoms with Gasteiger partial charge in [-0.3, -0.25) is 4.79 Å². The lowest BCUT2D eigenvalue weighted by Gasteiger charge is -2.35. The SMILES string of the molecule is CC(CC(=O)N1CCCC(C(C)N)C1)c1ccccc1C(F)(F)F. The predicted molar refractivity (Wildman–Crippen MR) is 87.4 cm³/mol. The van der Waals surface area contributed by atoms with Gasteiger partial charge in [-0.1, -0.05) is 25.1 Å². The normalized spacial score (nSPS) is 21.4. The van der Waals surface area contributed by atoms with Crippen molar-refractivity contribution in [3.8, 4) is 0 Å². The molecule has 0 spiro atoms. The Balaban J connectivity index is 2.07. The summed E-state index contributed by atoms with van der Waals surface area (Å²) in [6.45, 7) is 4.87. The van der Waals surface area contributed by atoms with Gasteiger partial charge in [0.15, 0.2) is 0 Å². The molecule has 1 fully saturated rings. The lowest BCUT2D eigenvalue weighted by molar-refractivity contribution is -0.139. The fraction of sp³-hybridized carbons (Fsp3) is 0.611. The quantitative estimate of drug-likeness (QED) is 0.905. The minimum atomic E-state index is -4.40. The maximum absolute atomic E-state index is 13.1. The van der Waals surface area contributed by atoms with E-state index < -0.39 is 17.7 Å². The van der Waals surface area contributed by atoms with Gasteiger partial charge in [-0.2, -0.15) is 13.2 Å². The topological polar surface area (TPSA) is 46.3 Å². The monoisotopic (exact) mass is 342 g/mol. The molecule has 24 heavy (non-hydrogen) atoms. The third-order valence-corrected chi connectivity index (χ3v) is 4.83. The van der Waals surface area contributed by atoms with Crippen LogP contribution in [-0.4, -0.2) is 29.9 Å². The van der Waals surface area contributed by atoms with Gasteiger partial charge in [0.05, 0.1) is 5.56 Å². The molecule has 1 heterocycles. The Bertz CT molecular complexity index is 572. The van der Waals surface area contributed by atoms with E-state index in [-0.39, 0.29) is 29.9 Å². The second kappa shape index (κ2) is 7.55. The standard InChI is InChI=1S/C18H25F3N2O/c1-12(15-7-3-4-8-16(15)18(19,20)21)10-17(24)23-9-5-6-14(11-23)13(2)22/h3-4,7-8,12-14H,5-6,9-11,22H2,1-2H3. The number of hydrogen-bond acceptors (Lipinski definition) is 2. The second-order valence-corrected chi connectivity index (χ2v) is 6.79. The van der Waals surface area contributed by atoms with Crippen LogP contribution in [0.1, 0.15) is 50.2 Å². The van der Waals surface area contributed by atoms with Gasteiger partial charge in [-0.05, 0) is 43.2 Å². The highest BCUT2D eigenvalue weighted by molar-refractivity contribution is 5.77. The zero-order chi connectivity index (χ0) is 17.9. The first-order chi connectivity index (χ1) is 11.2. The third kappa shape index (κ3) is 4.50. The number of carbonyl (C=O) groups is 1. The number of carbonyl (C=O) groups excluding carboxylic acids is 1. The van der Waals surface area contributed by atoms with Crippen LogP contribution in [0.15, 0.2) is 24.3 Å². The maximum atomic E-state index is 13.1. The van der Waals surface area contributed by atoms with E-state index in [1.54, 1.807) is 17.9 Å². The molecule has 2 rings (SSSR count). The first-order valence-corrected chi connectivity index (χ1v) is 8.39. The number of benzene rings is 1. The Morgan fingerprint density at radius 2 is 2.00 bits per heavy atom. The highest BCUT2D eigenvalue weighted by atomic mass is 19.4. The summed E-state index contributed by atoms with van der Waals surface area (Å²) in [4.78, 5) is 14.3. The van der Waals surface area contributed by atoms with Crippen LogP contribution in [0.4, 0.5) is 13.2 Å². The van der Waals surface area contributed by atoms with Crippen LogP contribution in [0.3, 0.4) is 0 Å². The van der Waals surface area contributed by atoms with Crippen LogP contribution in [0.5, 0.6) is 0 Å². The van der Waals surface area contributed by atoms with E-state index in [0.29, 0.717) is 13.1 Å². The van der Waals surface area contributed by atoms with Crippen molar-refractivity contribution >= 4 is 5.91 Å². The lowest BCUT2D eigenvalue weighted by atomic mass is 9.90.